The zero-order chi connectivity index (χ0) is 22.1. The zero-order valence-corrected chi connectivity index (χ0v) is 17.4. The van der Waals surface area contributed by atoms with Crippen molar-refractivity contribution in [3.8, 4) is 0 Å². The number of rotatable bonds is 7. The molecule has 162 valence electrons. The molecule has 1 amide bonds. The summed E-state index contributed by atoms with van der Waals surface area (Å²) in [5.41, 5.74) is 0.0632. The summed E-state index contributed by atoms with van der Waals surface area (Å²) in [7, 11) is 0. The third kappa shape index (κ3) is 4.59. The minimum absolute atomic E-state index is 0.0651. The lowest BCUT2D eigenvalue weighted by molar-refractivity contribution is 0.0128. The van der Waals surface area contributed by atoms with Crippen LogP contribution < -0.4 is 10.2 Å². The number of aliphatic hydroxyl groups is 1. The van der Waals surface area contributed by atoms with Crippen molar-refractivity contribution >= 4 is 29.5 Å². The van der Waals surface area contributed by atoms with Crippen molar-refractivity contribution in [1.29, 1.82) is 0 Å². The van der Waals surface area contributed by atoms with E-state index in [0.29, 0.717) is 12.0 Å². The summed E-state index contributed by atoms with van der Waals surface area (Å²) in [5, 5.41) is 13.1. The number of pyridine rings is 1. The number of carbonyl (C=O) groups excluding carboxylic acids is 1. The number of nitrogens with zero attached hydrogens (tertiary/aromatic N) is 4. The van der Waals surface area contributed by atoms with Gasteiger partial charge in [0.15, 0.2) is 0 Å². The fourth-order valence-electron chi connectivity index (χ4n) is 3.10. The first-order valence-electron chi connectivity index (χ1n) is 9.39. The molecule has 8 nitrogen and oxygen atoms in total. The number of aliphatic hydroxyl groups excluding tert-OH is 1. The fraction of sp³-hybridized carbons (Fsp3) is 0.474. The maximum absolute atomic E-state index is 13.5. The van der Waals surface area contributed by atoms with Crippen LogP contribution in [0.4, 0.5) is 25.3 Å². The number of nitrogens with one attached hydrogen (secondary N) is 1. The maximum Gasteiger partial charge on any atom is 0.416 e. The molecule has 30 heavy (non-hydrogen) atoms. The normalized spacial score (nSPS) is 18.8. The molecule has 3 atom stereocenters. The molecule has 0 bridgehead atoms. The van der Waals surface area contributed by atoms with Crippen LogP contribution in [0.25, 0.3) is 0 Å². The van der Waals surface area contributed by atoms with Gasteiger partial charge in [0.05, 0.1) is 17.2 Å². The van der Waals surface area contributed by atoms with Gasteiger partial charge in [-0.05, 0) is 31.0 Å². The number of anilines is 2. The van der Waals surface area contributed by atoms with Gasteiger partial charge in [-0.2, -0.15) is 13.8 Å². The average Bonchev–Trinajstić information content (AvgIpc) is 3.08. The number of aromatic nitrogens is 3. The predicted molar refractivity (Wildman–Crippen MR) is 107 cm³/mol. The monoisotopic (exact) mass is 441 g/mol. The Hall–Kier alpha value is -2.59. The quantitative estimate of drug-likeness (QED) is 0.671. The molecule has 2 N–H and O–H groups in total. The second kappa shape index (κ2) is 8.65. The van der Waals surface area contributed by atoms with E-state index in [1.165, 1.54) is 29.4 Å². The number of hydrogen-bond donors (Lipinski definition) is 2. The van der Waals surface area contributed by atoms with Crippen LogP contribution in [-0.2, 0) is 10.7 Å². The Morgan fingerprint density at radius 3 is 2.83 bits per heavy atom. The SMILES string of the molecule is CC[C@@H](O)[C@H]1COC(=O)N1c1ccnc(N[C@@H](C)c2cnc(C(C)(F)F)c(Cl)c2)n1. The number of cyclic esters (lactones) is 1. The second-order valence-corrected chi connectivity index (χ2v) is 7.49. The molecule has 0 spiro atoms. The van der Waals surface area contributed by atoms with Gasteiger partial charge in [-0.25, -0.2) is 9.78 Å². The largest absolute Gasteiger partial charge is 0.447 e. The number of alkyl halides is 2. The standard InChI is InChI=1S/C19H22ClF2N5O3/c1-4-14(28)13-9-30-18(29)27(13)15-5-6-23-17(26-15)25-10(2)11-7-12(20)16(24-8-11)19(3,21)22/h5-8,10,13-14,28H,4,9H2,1-3H3,(H,23,25,26)/t10-,13+,14+/m0/s1. The summed E-state index contributed by atoms with van der Waals surface area (Å²) in [6.07, 6.45) is 1.86. The summed E-state index contributed by atoms with van der Waals surface area (Å²) >= 11 is 5.96. The first kappa shape index (κ1) is 22.1. The fourth-order valence-corrected chi connectivity index (χ4v) is 3.44. The van der Waals surface area contributed by atoms with Crippen molar-refractivity contribution in [3.63, 3.8) is 0 Å². The van der Waals surface area contributed by atoms with Crippen LogP contribution in [0.5, 0.6) is 0 Å². The molecule has 0 aromatic carbocycles. The molecule has 1 fully saturated rings. The Bertz CT molecular complexity index is 927. The van der Waals surface area contributed by atoms with Crippen molar-refractivity contribution in [2.75, 3.05) is 16.8 Å². The lowest BCUT2D eigenvalue weighted by atomic mass is 10.1. The molecule has 1 saturated heterocycles. The molecule has 3 heterocycles. The minimum atomic E-state index is -3.15. The number of hydrogen-bond acceptors (Lipinski definition) is 7. The van der Waals surface area contributed by atoms with Crippen LogP contribution in [0.2, 0.25) is 5.02 Å². The van der Waals surface area contributed by atoms with Crippen molar-refractivity contribution in [1.82, 2.24) is 15.0 Å². The van der Waals surface area contributed by atoms with E-state index >= 15 is 0 Å². The Balaban J connectivity index is 1.80. The summed E-state index contributed by atoms with van der Waals surface area (Å²) in [5.74, 6) is -2.67. The topological polar surface area (TPSA) is 100 Å². The minimum Gasteiger partial charge on any atom is -0.447 e. The van der Waals surface area contributed by atoms with Crippen LogP contribution in [-0.4, -0.2) is 44.9 Å². The molecule has 0 radical (unpaired) electrons. The number of amides is 1. The third-order valence-electron chi connectivity index (χ3n) is 4.78. The Morgan fingerprint density at radius 1 is 1.47 bits per heavy atom. The van der Waals surface area contributed by atoms with Gasteiger partial charge in [-0.15, -0.1) is 0 Å². The van der Waals surface area contributed by atoms with Gasteiger partial charge in [-0.1, -0.05) is 18.5 Å². The lowest BCUT2D eigenvalue weighted by Crippen LogP contribution is -2.42. The molecule has 11 heteroatoms. The Labute approximate surface area is 177 Å². The molecule has 0 saturated carbocycles. The summed E-state index contributed by atoms with van der Waals surface area (Å²) in [4.78, 5) is 25.7. The first-order valence-corrected chi connectivity index (χ1v) is 9.77. The molecule has 2 aromatic rings. The number of ether oxygens (including phenoxy) is 1. The Kier molecular flexibility index (Phi) is 6.37. The van der Waals surface area contributed by atoms with E-state index in [1.807, 2.05) is 0 Å². The van der Waals surface area contributed by atoms with E-state index in [0.717, 1.165) is 6.92 Å². The van der Waals surface area contributed by atoms with Gasteiger partial charge >= 0.3 is 6.09 Å². The molecule has 0 unspecified atom stereocenters. The number of carbonyl (C=O) groups is 1. The van der Waals surface area contributed by atoms with E-state index < -0.39 is 35.9 Å². The molecular weight excluding hydrogens is 420 g/mol. The van der Waals surface area contributed by atoms with Crippen molar-refractivity contribution in [2.45, 2.75) is 51.3 Å². The number of halogens is 3. The van der Waals surface area contributed by atoms with Gasteiger partial charge in [0.2, 0.25) is 5.95 Å². The molecular formula is C19H22ClF2N5O3. The summed E-state index contributed by atoms with van der Waals surface area (Å²) < 4.78 is 32.0. The van der Waals surface area contributed by atoms with E-state index in [9.17, 15) is 18.7 Å². The smallest absolute Gasteiger partial charge is 0.416 e. The van der Waals surface area contributed by atoms with Gasteiger partial charge in [0.1, 0.15) is 24.2 Å². The molecule has 1 aliphatic rings. The van der Waals surface area contributed by atoms with Crippen LogP contribution in [0.1, 0.15) is 44.5 Å². The molecule has 1 aliphatic heterocycles. The Morgan fingerprint density at radius 2 is 2.20 bits per heavy atom. The van der Waals surface area contributed by atoms with Crippen molar-refractivity contribution in [3.05, 3.63) is 40.8 Å². The summed E-state index contributed by atoms with van der Waals surface area (Å²) in [6, 6.07) is 1.99. The molecule has 2 aromatic heterocycles. The highest BCUT2D eigenvalue weighted by Gasteiger charge is 2.39. The van der Waals surface area contributed by atoms with E-state index in [4.69, 9.17) is 16.3 Å². The van der Waals surface area contributed by atoms with Crippen LogP contribution in [0.3, 0.4) is 0 Å². The van der Waals surface area contributed by atoms with Crippen LogP contribution in [0, 0.1) is 0 Å². The van der Waals surface area contributed by atoms with Gasteiger partial charge in [0, 0.05) is 19.3 Å². The molecule has 3 rings (SSSR count). The van der Waals surface area contributed by atoms with Crippen molar-refractivity contribution < 1.29 is 23.4 Å². The van der Waals surface area contributed by atoms with E-state index in [-0.39, 0.29) is 23.4 Å². The van der Waals surface area contributed by atoms with Crippen LogP contribution in [0.15, 0.2) is 24.5 Å². The third-order valence-corrected chi connectivity index (χ3v) is 5.07. The molecule has 0 aliphatic carbocycles. The first-order chi connectivity index (χ1) is 14.1. The van der Waals surface area contributed by atoms with Crippen LogP contribution >= 0.6 is 11.6 Å². The highest BCUT2D eigenvalue weighted by Crippen LogP contribution is 2.33. The average molecular weight is 442 g/mol. The van der Waals surface area contributed by atoms with E-state index in [1.54, 1.807) is 13.8 Å². The van der Waals surface area contributed by atoms with Gasteiger partial charge < -0.3 is 15.2 Å². The van der Waals surface area contributed by atoms with Gasteiger partial charge in [-0.3, -0.25) is 9.88 Å². The maximum atomic E-state index is 13.5. The van der Waals surface area contributed by atoms with Crippen molar-refractivity contribution in [2.24, 2.45) is 0 Å². The predicted octanol–water partition coefficient (Wildman–Crippen LogP) is 3.91. The summed E-state index contributed by atoms with van der Waals surface area (Å²) in [6.45, 7) is 4.36. The highest BCUT2D eigenvalue weighted by molar-refractivity contribution is 6.31. The lowest BCUT2D eigenvalue weighted by Gasteiger charge is -2.24. The van der Waals surface area contributed by atoms with Gasteiger partial charge in [0.25, 0.3) is 5.92 Å². The second-order valence-electron chi connectivity index (χ2n) is 7.08. The highest BCUT2D eigenvalue weighted by atomic mass is 35.5. The zero-order valence-electron chi connectivity index (χ0n) is 16.6. The van der Waals surface area contributed by atoms with E-state index in [2.05, 4.69) is 20.3 Å².